The molecule has 7 heteroatoms. The molecule has 0 radical (unpaired) electrons. The fourth-order valence-electron chi connectivity index (χ4n) is 2.59. The number of carbonyl (C=O) groups excluding carboxylic acids is 1. The Bertz CT molecular complexity index is 559. The Morgan fingerprint density at radius 2 is 2.23 bits per heavy atom. The second-order valence-corrected chi connectivity index (χ2v) is 7.36. The van der Waals surface area contributed by atoms with Crippen LogP contribution in [0.4, 0.5) is 10.6 Å². The van der Waals surface area contributed by atoms with Crippen LogP contribution in [-0.4, -0.2) is 45.9 Å². The number of amides is 1. The maximum atomic E-state index is 12.3. The molecule has 1 aliphatic rings. The molecule has 2 heterocycles. The lowest BCUT2D eigenvalue weighted by Crippen LogP contribution is -2.41. The van der Waals surface area contributed by atoms with Crippen LogP contribution >= 0.6 is 15.9 Å². The summed E-state index contributed by atoms with van der Waals surface area (Å²) in [7, 11) is 0. The maximum absolute atomic E-state index is 12.3. The van der Waals surface area contributed by atoms with Crippen molar-refractivity contribution in [2.45, 2.75) is 44.8 Å². The summed E-state index contributed by atoms with van der Waals surface area (Å²) in [5.41, 5.74) is 6.00. The molecule has 0 unspecified atom stereocenters. The quantitative estimate of drug-likeness (QED) is 0.833. The van der Waals surface area contributed by atoms with E-state index in [0.717, 1.165) is 10.2 Å². The van der Waals surface area contributed by atoms with Gasteiger partial charge in [0.1, 0.15) is 11.4 Å². The molecule has 3 N–H and O–H groups in total. The zero-order chi connectivity index (χ0) is 16.5. The van der Waals surface area contributed by atoms with E-state index in [1.54, 1.807) is 11.0 Å². The Balaban J connectivity index is 2.18. The van der Waals surface area contributed by atoms with Crippen LogP contribution in [0.5, 0.6) is 0 Å². The fourth-order valence-corrected chi connectivity index (χ4v) is 3.14. The van der Waals surface area contributed by atoms with Gasteiger partial charge in [-0.05, 0) is 55.3 Å². The van der Waals surface area contributed by atoms with Crippen molar-refractivity contribution in [1.82, 2.24) is 9.88 Å². The van der Waals surface area contributed by atoms with Crippen LogP contribution in [-0.2, 0) is 4.74 Å². The number of nitrogens with zero attached hydrogens (tertiary/aromatic N) is 2. The van der Waals surface area contributed by atoms with Crippen molar-refractivity contribution < 1.29 is 14.6 Å². The zero-order valence-electron chi connectivity index (χ0n) is 13.0. The number of ether oxygens (including phenoxy) is 1. The Labute approximate surface area is 138 Å². The van der Waals surface area contributed by atoms with Crippen molar-refractivity contribution in [2.24, 2.45) is 0 Å². The third-order valence-electron chi connectivity index (χ3n) is 3.53. The van der Waals surface area contributed by atoms with Crippen molar-refractivity contribution in [3.05, 3.63) is 22.3 Å². The molecule has 0 aromatic carbocycles. The molecular formula is C15H22BrN3O3. The van der Waals surface area contributed by atoms with Gasteiger partial charge in [0.25, 0.3) is 0 Å². The summed E-state index contributed by atoms with van der Waals surface area (Å²) < 4.78 is 6.27. The van der Waals surface area contributed by atoms with E-state index < -0.39 is 11.7 Å². The Morgan fingerprint density at radius 1 is 1.55 bits per heavy atom. The second kappa shape index (κ2) is 6.42. The van der Waals surface area contributed by atoms with E-state index in [1.165, 1.54) is 0 Å². The van der Waals surface area contributed by atoms with E-state index in [0.29, 0.717) is 18.8 Å². The van der Waals surface area contributed by atoms with Crippen LogP contribution in [0, 0.1) is 0 Å². The van der Waals surface area contributed by atoms with Crippen LogP contribution in [0.3, 0.4) is 0 Å². The normalized spacial score (nSPS) is 22.0. The number of likely N-dealkylation sites (tertiary alicyclic amines) is 1. The van der Waals surface area contributed by atoms with Crippen molar-refractivity contribution in [3.63, 3.8) is 0 Å². The third kappa shape index (κ3) is 3.89. The van der Waals surface area contributed by atoms with Gasteiger partial charge in [-0.1, -0.05) is 0 Å². The number of carbonyl (C=O) groups is 1. The molecule has 1 fully saturated rings. The van der Waals surface area contributed by atoms with E-state index in [-0.39, 0.29) is 18.6 Å². The highest BCUT2D eigenvalue weighted by Gasteiger charge is 2.39. The molecule has 1 amide bonds. The lowest BCUT2D eigenvalue weighted by atomic mass is 10.0. The largest absolute Gasteiger partial charge is 0.444 e. The van der Waals surface area contributed by atoms with Gasteiger partial charge in [0.2, 0.25) is 0 Å². The van der Waals surface area contributed by atoms with Gasteiger partial charge in [0.05, 0.1) is 18.3 Å². The molecule has 2 atom stereocenters. The summed E-state index contributed by atoms with van der Waals surface area (Å²) in [6, 6.07) is 3.30. The standard InChI is InChI=1S/C15H22BrN3O3/c1-15(2,3)22-14(21)19-7-9(6-10(19)8-20)13-11(16)4-5-12(17)18-13/h4-5,9-10,20H,6-8H2,1-3H3,(H2,17,18)/t9-,10+/m1/s1. The van der Waals surface area contributed by atoms with E-state index in [2.05, 4.69) is 20.9 Å². The Hall–Kier alpha value is -1.34. The van der Waals surface area contributed by atoms with Gasteiger partial charge in [-0.2, -0.15) is 0 Å². The summed E-state index contributed by atoms with van der Waals surface area (Å²) >= 11 is 3.47. The highest BCUT2D eigenvalue weighted by atomic mass is 79.9. The van der Waals surface area contributed by atoms with Crippen LogP contribution < -0.4 is 5.73 Å². The van der Waals surface area contributed by atoms with Gasteiger partial charge < -0.3 is 20.5 Å². The molecule has 1 saturated heterocycles. The van der Waals surface area contributed by atoms with Crippen LogP contribution in [0.2, 0.25) is 0 Å². The molecule has 1 aromatic heterocycles. The molecule has 0 saturated carbocycles. The number of rotatable bonds is 2. The number of nitrogens with two attached hydrogens (primary N) is 1. The van der Waals surface area contributed by atoms with Crippen LogP contribution in [0.1, 0.15) is 38.8 Å². The van der Waals surface area contributed by atoms with E-state index in [9.17, 15) is 9.90 Å². The highest BCUT2D eigenvalue weighted by molar-refractivity contribution is 9.10. The first-order valence-corrected chi connectivity index (χ1v) is 8.03. The number of pyridine rings is 1. The minimum Gasteiger partial charge on any atom is -0.444 e. The second-order valence-electron chi connectivity index (χ2n) is 6.50. The Morgan fingerprint density at radius 3 is 2.82 bits per heavy atom. The summed E-state index contributed by atoms with van der Waals surface area (Å²) in [5, 5.41) is 9.57. The summed E-state index contributed by atoms with van der Waals surface area (Å²) in [6.07, 6.45) is 0.221. The molecule has 22 heavy (non-hydrogen) atoms. The van der Waals surface area contributed by atoms with E-state index in [1.807, 2.05) is 26.8 Å². The van der Waals surface area contributed by atoms with E-state index in [4.69, 9.17) is 10.5 Å². The summed E-state index contributed by atoms with van der Waals surface area (Å²) in [4.78, 5) is 18.2. The van der Waals surface area contributed by atoms with Gasteiger partial charge in [-0.25, -0.2) is 9.78 Å². The first-order valence-electron chi connectivity index (χ1n) is 7.23. The molecule has 2 rings (SSSR count). The monoisotopic (exact) mass is 371 g/mol. The first-order chi connectivity index (χ1) is 10.2. The SMILES string of the molecule is CC(C)(C)OC(=O)N1C[C@H](c2nc(N)ccc2Br)C[C@H]1CO. The number of hydrogen-bond acceptors (Lipinski definition) is 5. The summed E-state index contributed by atoms with van der Waals surface area (Å²) in [5.74, 6) is 0.456. The zero-order valence-corrected chi connectivity index (χ0v) is 14.6. The number of anilines is 1. The molecule has 1 aromatic rings. The number of nitrogen functional groups attached to an aromatic ring is 1. The van der Waals surface area contributed by atoms with Gasteiger partial charge in [0, 0.05) is 16.9 Å². The fraction of sp³-hybridized carbons (Fsp3) is 0.600. The number of aromatic nitrogens is 1. The molecule has 0 bridgehead atoms. The number of aliphatic hydroxyl groups excluding tert-OH is 1. The average Bonchev–Trinajstić information content (AvgIpc) is 2.83. The Kier molecular flexibility index (Phi) is 4.97. The average molecular weight is 372 g/mol. The minimum absolute atomic E-state index is 0.0162. The molecule has 6 nitrogen and oxygen atoms in total. The number of hydrogen-bond donors (Lipinski definition) is 2. The predicted molar refractivity (Wildman–Crippen MR) is 87.5 cm³/mol. The highest BCUT2D eigenvalue weighted by Crippen LogP contribution is 2.35. The number of halogens is 1. The van der Waals surface area contributed by atoms with Crippen LogP contribution in [0.15, 0.2) is 16.6 Å². The third-order valence-corrected chi connectivity index (χ3v) is 4.21. The lowest BCUT2D eigenvalue weighted by Gasteiger charge is -2.27. The topological polar surface area (TPSA) is 88.7 Å². The molecule has 0 aliphatic carbocycles. The van der Waals surface area contributed by atoms with Crippen LogP contribution in [0.25, 0.3) is 0 Å². The van der Waals surface area contributed by atoms with Gasteiger partial charge in [0.15, 0.2) is 0 Å². The van der Waals surface area contributed by atoms with Crippen molar-refractivity contribution >= 4 is 27.8 Å². The molecule has 122 valence electrons. The van der Waals surface area contributed by atoms with Crippen molar-refractivity contribution in [3.8, 4) is 0 Å². The minimum atomic E-state index is -0.564. The molecule has 1 aliphatic heterocycles. The molecular weight excluding hydrogens is 350 g/mol. The summed E-state index contributed by atoms with van der Waals surface area (Å²) in [6.45, 7) is 5.82. The van der Waals surface area contributed by atoms with Gasteiger partial charge >= 0.3 is 6.09 Å². The predicted octanol–water partition coefficient (Wildman–Crippen LogP) is 2.51. The van der Waals surface area contributed by atoms with Crippen molar-refractivity contribution in [2.75, 3.05) is 18.9 Å². The maximum Gasteiger partial charge on any atom is 0.410 e. The smallest absolute Gasteiger partial charge is 0.410 e. The van der Waals surface area contributed by atoms with Gasteiger partial charge in [-0.15, -0.1) is 0 Å². The molecule has 0 spiro atoms. The van der Waals surface area contributed by atoms with Gasteiger partial charge in [-0.3, -0.25) is 0 Å². The van der Waals surface area contributed by atoms with E-state index >= 15 is 0 Å². The first kappa shape index (κ1) is 17.0. The van der Waals surface area contributed by atoms with Crippen molar-refractivity contribution in [1.29, 1.82) is 0 Å². The lowest BCUT2D eigenvalue weighted by molar-refractivity contribution is 0.0174. The number of aliphatic hydroxyl groups is 1.